The third-order valence-electron chi connectivity index (χ3n) is 5.68. The topological polar surface area (TPSA) is 78.3 Å². The molecule has 0 saturated heterocycles. The van der Waals surface area contributed by atoms with Crippen molar-refractivity contribution in [1.29, 1.82) is 0 Å². The summed E-state index contributed by atoms with van der Waals surface area (Å²) in [5, 5.41) is 11.8. The van der Waals surface area contributed by atoms with E-state index >= 15 is 0 Å². The molecule has 0 atom stereocenters. The minimum Gasteiger partial charge on any atom is -0.468 e. The van der Waals surface area contributed by atoms with Crippen LogP contribution in [0.3, 0.4) is 0 Å². The average molecular weight is 409 g/mol. The van der Waals surface area contributed by atoms with Crippen molar-refractivity contribution in [2.45, 2.75) is 44.3 Å². The first-order valence-electron chi connectivity index (χ1n) is 10.9. The molecular weight excluding hydrogens is 376 g/mol. The molecule has 2 aromatic heterocycles. The molecule has 1 fully saturated rings. The Morgan fingerprint density at radius 1 is 0.967 bits per heavy atom. The molecule has 0 amide bonds. The highest BCUT2D eigenvalue weighted by molar-refractivity contribution is 5.90. The van der Waals surface area contributed by atoms with Crippen LogP contribution in [0.4, 0.5) is 11.8 Å². The van der Waals surface area contributed by atoms with Gasteiger partial charge >= 0.3 is 0 Å². The molecule has 0 unspecified atom stereocenters. The number of hydrogen-bond acceptors (Lipinski definition) is 7. The van der Waals surface area contributed by atoms with E-state index in [1.54, 1.807) is 6.26 Å². The Kier molecular flexibility index (Phi) is 6.81. The van der Waals surface area contributed by atoms with Gasteiger partial charge in [-0.2, -0.15) is 4.98 Å². The number of anilines is 2. The molecule has 3 N–H and O–H groups in total. The fraction of sp³-hybridized carbons (Fsp3) is 0.478. The summed E-state index contributed by atoms with van der Waals surface area (Å²) in [5.41, 5.74) is 0.983. The number of benzene rings is 1. The summed E-state index contributed by atoms with van der Waals surface area (Å²) < 4.78 is 5.33. The van der Waals surface area contributed by atoms with Gasteiger partial charge in [0, 0.05) is 44.7 Å². The monoisotopic (exact) mass is 408 g/mol. The van der Waals surface area contributed by atoms with Gasteiger partial charge in [-0.1, -0.05) is 12.1 Å². The second-order valence-corrected chi connectivity index (χ2v) is 8.19. The lowest BCUT2D eigenvalue weighted by atomic mass is 9.91. The molecule has 0 aliphatic heterocycles. The number of rotatable bonds is 9. The second-order valence-electron chi connectivity index (χ2n) is 8.19. The number of aromatic nitrogens is 2. The first-order valence-corrected chi connectivity index (χ1v) is 10.9. The Morgan fingerprint density at radius 3 is 2.53 bits per heavy atom. The maximum Gasteiger partial charge on any atom is 0.225 e. The molecule has 1 saturated carbocycles. The predicted octanol–water partition coefficient (Wildman–Crippen LogP) is 3.39. The van der Waals surface area contributed by atoms with E-state index in [-0.39, 0.29) is 0 Å². The molecular formula is C23H32N6O. The number of furan rings is 1. The van der Waals surface area contributed by atoms with E-state index in [2.05, 4.69) is 33.0 Å². The maximum absolute atomic E-state index is 5.33. The molecule has 0 spiro atoms. The van der Waals surface area contributed by atoms with Crippen LogP contribution in [0.2, 0.25) is 0 Å². The molecule has 1 aliphatic carbocycles. The van der Waals surface area contributed by atoms with Crippen LogP contribution in [-0.4, -0.2) is 49.2 Å². The lowest BCUT2D eigenvalue weighted by Gasteiger charge is -2.30. The van der Waals surface area contributed by atoms with Crippen LogP contribution in [0.15, 0.2) is 47.1 Å². The molecule has 160 valence electrons. The van der Waals surface area contributed by atoms with E-state index in [0.29, 0.717) is 12.1 Å². The van der Waals surface area contributed by atoms with E-state index in [4.69, 9.17) is 14.4 Å². The van der Waals surface area contributed by atoms with E-state index in [9.17, 15) is 0 Å². The first kappa shape index (κ1) is 20.6. The van der Waals surface area contributed by atoms with Crippen LogP contribution < -0.4 is 20.9 Å². The Morgan fingerprint density at radius 2 is 1.77 bits per heavy atom. The average Bonchev–Trinajstić information content (AvgIpc) is 3.27. The highest BCUT2D eigenvalue weighted by Gasteiger charge is 2.21. The van der Waals surface area contributed by atoms with Gasteiger partial charge in [0.1, 0.15) is 11.6 Å². The molecule has 30 heavy (non-hydrogen) atoms. The second kappa shape index (κ2) is 9.91. The molecule has 0 bridgehead atoms. The van der Waals surface area contributed by atoms with Crippen LogP contribution >= 0.6 is 0 Å². The largest absolute Gasteiger partial charge is 0.468 e. The molecule has 1 aromatic carbocycles. The Bertz CT molecular complexity index is 919. The number of para-hydroxylation sites is 1. The zero-order valence-corrected chi connectivity index (χ0v) is 17.9. The Balaban J connectivity index is 1.23. The van der Waals surface area contributed by atoms with Gasteiger partial charge in [-0.05, 0) is 49.9 Å². The summed E-state index contributed by atoms with van der Waals surface area (Å²) in [6, 6.07) is 13.1. The van der Waals surface area contributed by atoms with Crippen molar-refractivity contribution in [3.63, 3.8) is 0 Å². The van der Waals surface area contributed by atoms with Gasteiger partial charge in [0.25, 0.3) is 0 Å². The summed E-state index contributed by atoms with van der Waals surface area (Å²) in [4.78, 5) is 11.6. The van der Waals surface area contributed by atoms with Gasteiger partial charge in [0.2, 0.25) is 5.95 Å². The van der Waals surface area contributed by atoms with Gasteiger partial charge in [0.15, 0.2) is 0 Å². The third-order valence-corrected chi connectivity index (χ3v) is 5.68. The van der Waals surface area contributed by atoms with E-state index in [0.717, 1.165) is 60.9 Å². The maximum atomic E-state index is 5.33. The SMILES string of the molecule is CN(C)c1nc(NC2CCC(NCCNCc3ccco3)CC2)nc2ccccc12. The number of nitrogens with one attached hydrogen (secondary N) is 3. The standard InChI is InChI=1S/C23H32N6O/c1-29(2)22-20-7-3-4-8-21(20)27-23(28-22)26-18-11-9-17(10-12-18)25-14-13-24-16-19-6-5-15-30-19/h3-8,15,17-18,24-25H,9-14,16H2,1-2H3,(H,26,27,28). The summed E-state index contributed by atoms with van der Waals surface area (Å²) >= 11 is 0. The molecule has 7 nitrogen and oxygen atoms in total. The van der Waals surface area contributed by atoms with E-state index in [1.807, 2.05) is 38.4 Å². The molecule has 3 aromatic rings. The first-order chi connectivity index (χ1) is 14.7. The Labute approximate surface area is 178 Å². The van der Waals surface area contributed by atoms with Crippen LogP contribution in [0, 0.1) is 0 Å². The van der Waals surface area contributed by atoms with Crippen molar-refractivity contribution in [2.75, 3.05) is 37.4 Å². The van der Waals surface area contributed by atoms with Gasteiger partial charge in [-0.3, -0.25) is 0 Å². The van der Waals surface area contributed by atoms with Crippen LogP contribution in [-0.2, 0) is 6.54 Å². The lowest BCUT2D eigenvalue weighted by Crippen LogP contribution is -2.40. The normalized spacial score (nSPS) is 19.1. The van der Waals surface area contributed by atoms with Crippen molar-refractivity contribution >= 4 is 22.7 Å². The minimum absolute atomic E-state index is 0.427. The van der Waals surface area contributed by atoms with Crippen LogP contribution in [0.1, 0.15) is 31.4 Å². The molecule has 2 heterocycles. The Hall–Kier alpha value is -2.64. The van der Waals surface area contributed by atoms with Gasteiger partial charge in [0.05, 0.1) is 18.3 Å². The van der Waals surface area contributed by atoms with Crippen molar-refractivity contribution < 1.29 is 4.42 Å². The fourth-order valence-corrected chi connectivity index (χ4v) is 4.08. The molecule has 4 rings (SSSR count). The fourth-order valence-electron chi connectivity index (χ4n) is 4.08. The molecule has 7 heteroatoms. The molecule has 1 aliphatic rings. The summed E-state index contributed by atoms with van der Waals surface area (Å²) in [6.45, 7) is 2.70. The lowest BCUT2D eigenvalue weighted by molar-refractivity contribution is 0.352. The van der Waals surface area contributed by atoms with Crippen LogP contribution in [0.5, 0.6) is 0 Å². The van der Waals surface area contributed by atoms with Gasteiger partial charge in [-0.15, -0.1) is 0 Å². The minimum atomic E-state index is 0.427. The van der Waals surface area contributed by atoms with Crippen molar-refractivity contribution in [1.82, 2.24) is 20.6 Å². The summed E-state index contributed by atoms with van der Waals surface area (Å²) in [7, 11) is 4.05. The zero-order valence-electron chi connectivity index (χ0n) is 17.9. The zero-order chi connectivity index (χ0) is 20.8. The summed E-state index contributed by atoms with van der Waals surface area (Å²) in [6.07, 6.45) is 6.32. The quantitative estimate of drug-likeness (QED) is 0.469. The van der Waals surface area contributed by atoms with Gasteiger partial charge < -0.3 is 25.3 Å². The highest BCUT2D eigenvalue weighted by atomic mass is 16.3. The van der Waals surface area contributed by atoms with Gasteiger partial charge in [-0.25, -0.2) is 4.98 Å². The highest BCUT2D eigenvalue weighted by Crippen LogP contribution is 2.26. The smallest absolute Gasteiger partial charge is 0.225 e. The van der Waals surface area contributed by atoms with Crippen molar-refractivity contribution in [2.24, 2.45) is 0 Å². The van der Waals surface area contributed by atoms with Crippen molar-refractivity contribution in [3.05, 3.63) is 48.4 Å². The van der Waals surface area contributed by atoms with Crippen LogP contribution in [0.25, 0.3) is 10.9 Å². The summed E-state index contributed by atoms with van der Waals surface area (Å²) in [5.74, 6) is 2.67. The van der Waals surface area contributed by atoms with E-state index < -0.39 is 0 Å². The number of nitrogens with zero attached hydrogens (tertiary/aromatic N) is 3. The number of fused-ring (bicyclic) bond motifs is 1. The molecule has 0 radical (unpaired) electrons. The number of hydrogen-bond donors (Lipinski definition) is 3. The predicted molar refractivity (Wildman–Crippen MR) is 122 cm³/mol. The van der Waals surface area contributed by atoms with Crippen molar-refractivity contribution in [3.8, 4) is 0 Å². The van der Waals surface area contributed by atoms with E-state index in [1.165, 1.54) is 12.8 Å². The third kappa shape index (κ3) is 5.29.